The molecule has 0 amide bonds. The van der Waals surface area contributed by atoms with Crippen molar-refractivity contribution in [1.29, 1.82) is 0 Å². The van der Waals surface area contributed by atoms with Gasteiger partial charge in [-0.1, -0.05) is 6.92 Å². The predicted octanol–water partition coefficient (Wildman–Crippen LogP) is 2.06. The van der Waals surface area contributed by atoms with E-state index >= 15 is 0 Å². The van der Waals surface area contributed by atoms with Gasteiger partial charge in [-0.25, -0.2) is 4.98 Å². The van der Waals surface area contributed by atoms with Crippen molar-refractivity contribution in [2.45, 2.75) is 19.6 Å². The van der Waals surface area contributed by atoms with E-state index in [-0.39, 0.29) is 6.10 Å². The lowest BCUT2D eigenvalue weighted by atomic mass is 10.4. The van der Waals surface area contributed by atoms with Crippen molar-refractivity contribution in [1.82, 2.24) is 10.3 Å². The lowest BCUT2D eigenvalue weighted by Gasteiger charge is -2.19. The van der Waals surface area contributed by atoms with Gasteiger partial charge in [-0.3, -0.25) is 0 Å². The molecular formula is C10H16N2OS2. The Hall–Kier alpha value is -0.100. The van der Waals surface area contributed by atoms with E-state index in [1.165, 1.54) is 4.88 Å². The Morgan fingerprint density at radius 3 is 3.33 bits per heavy atom. The quantitative estimate of drug-likeness (QED) is 0.879. The summed E-state index contributed by atoms with van der Waals surface area (Å²) in [6.45, 7) is 4.90. The van der Waals surface area contributed by atoms with Gasteiger partial charge in [0.25, 0.3) is 0 Å². The molecule has 1 fully saturated rings. The summed E-state index contributed by atoms with van der Waals surface area (Å²) in [4.78, 5) is 5.73. The third-order valence-corrected chi connectivity index (χ3v) is 4.30. The average molecular weight is 244 g/mol. The van der Waals surface area contributed by atoms with Gasteiger partial charge in [0.05, 0.1) is 6.61 Å². The Balaban J connectivity index is 1.93. The molecule has 2 rings (SSSR count). The molecular weight excluding hydrogens is 228 g/mol. The number of thiazole rings is 1. The van der Waals surface area contributed by atoms with E-state index in [1.54, 1.807) is 11.3 Å². The Labute approximate surface area is 98.6 Å². The second-order valence-corrected chi connectivity index (χ2v) is 5.68. The number of hydrogen-bond acceptors (Lipinski definition) is 5. The molecule has 3 nitrogen and oxygen atoms in total. The van der Waals surface area contributed by atoms with Crippen LogP contribution in [0, 0.1) is 0 Å². The van der Waals surface area contributed by atoms with Crippen molar-refractivity contribution < 1.29 is 4.74 Å². The standard InChI is InChI=1S/C10H16N2OS2/c1-2-11-5-8-6-12-10(15-8)9-7-14-4-3-13-9/h6,9,11H,2-5,7H2,1H3. The van der Waals surface area contributed by atoms with Crippen molar-refractivity contribution in [2.75, 3.05) is 24.7 Å². The maximum absolute atomic E-state index is 5.69. The van der Waals surface area contributed by atoms with Crippen molar-refractivity contribution in [3.05, 3.63) is 16.1 Å². The first-order valence-electron chi connectivity index (χ1n) is 5.25. The molecule has 5 heteroatoms. The summed E-state index contributed by atoms with van der Waals surface area (Å²) in [6, 6.07) is 0. The van der Waals surface area contributed by atoms with Crippen molar-refractivity contribution in [3.8, 4) is 0 Å². The third-order valence-electron chi connectivity index (χ3n) is 2.21. The largest absolute Gasteiger partial charge is 0.369 e. The van der Waals surface area contributed by atoms with Crippen molar-refractivity contribution >= 4 is 23.1 Å². The molecule has 0 aromatic carbocycles. The van der Waals surface area contributed by atoms with Crippen LogP contribution in [0.15, 0.2) is 6.20 Å². The summed E-state index contributed by atoms with van der Waals surface area (Å²) in [5, 5.41) is 4.44. The molecule has 84 valence electrons. The first-order chi connectivity index (χ1) is 7.40. The minimum absolute atomic E-state index is 0.226. The Morgan fingerprint density at radius 1 is 1.67 bits per heavy atom. The Bertz CT molecular complexity index is 297. The molecule has 1 atom stereocenters. The molecule has 1 N–H and O–H groups in total. The molecule has 1 unspecified atom stereocenters. The molecule has 15 heavy (non-hydrogen) atoms. The zero-order valence-electron chi connectivity index (χ0n) is 8.86. The van der Waals surface area contributed by atoms with Gasteiger partial charge in [-0.2, -0.15) is 11.8 Å². The van der Waals surface area contributed by atoms with E-state index < -0.39 is 0 Å². The van der Waals surface area contributed by atoms with Crippen LogP contribution in [0.2, 0.25) is 0 Å². The topological polar surface area (TPSA) is 34.2 Å². The lowest BCUT2D eigenvalue weighted by Crippen LogP contribution is -2.15. The SMILES string of the molecule is CCNCc1cnc(C2CSCCO2)s1. The van der Waals surface area contributed by atoms with Gasteiger partial charge in [0.15, 0.2) is 0 Å². The van der Waals surface area contributed by atoms with Gasteiger partial charge in [0.1, 0.15) is 11.1 Å². The zero-order valence-corrected chi connectivity index (χ0v) is 10.5. The highest BCUT2D eigenvalue weighted by Gasteiger charge is 2.19. The number of nitrogens with one attached hydrogen (secondary N) is 1. The number of ether oxygens (including phenoxy) is 1. The Kier molecular flexibility index (Phi) is 4.43. The molecule has 1 aromatic heterocycles. The van der Waals surface area contributed by atoms with Crippen LogP contribution in [-0.4, -0.2) is 29.6 Å². The van der Waals surface area contributed by atoms with E-state index in [1.807, 2.05) is 18.0 Å². The molecule has 1 aliphatic heterocycles. The van der Waals surface area contributed by atoms with Crippen LogP contribution in [0.25, 0.3) is 0 Å². The predicted molar refractivity (Wildman–Crippen MR) is 65.5 cm³/mol. The minimum Gasteiger partial charge on any atom is -0.369 e. The highest BCUT2D eigenvalue weighted by molar-refractivity contribution is 7.99. The highest BCUT2D eigenvalue weighted by Crippen LogP contribution is 2.29. The van der Waals surface area contributed by atoms with Crippen molar-refractivity contribution in [2.24, 2.45) is 0 Å². The molecule has 0 spiro atoms. The summed E-state index contributed by atoms with van der Waals surface area (Å²) < 4.78 is 5.69. The number of hydrogen-bond donors (Lipinski definition) is 1. The Morgan fingerprint density at radius 2 is 2.60 bits per heavy atom. The number of rotatable bonds is 4. The first kappa shape index (κ1) is 11.4. The van der Waals surface area contributed by atoms with Gasteiger partial charge in [-0.05, 0) is 6.54 Å². The van der Waals surface area contributed by atoms with E-state index in [9.17, 15) is 0 Å². The van der Waals surface area contributed by atoms with E-state index in [0.29, 0.717) is 0 Å². The summed E-state index contributed by atoms with van der Waals surface area (Å²) in [5.74, 6) is 2.17. The van der Waals surface area contributed by atoms with Crippen LogP contribution >= 0.6 is 23.1 Å². The maximum Gasteiger partial charge on any atom is 0.123 e. The smallest absolute Gasteiger partial charge is 0.123 e. The van der Waals surface area contributed by atoms with Gasteiger partial charge >= 0.3 is 0 Å². The number of thioether (sulfide) groups is 1. The van der Waals surface area contributed by atoms with E-state index in [0.717, 1.165) is 36.2 Å². The fourth-order valence-electron chi connectivity index (χ4n) is 1.43. The molecule has 2 heterocycles. The van der Waals surface area contributed by atoms with Crippen LogP contribution in [0.4, 0.5) is 0 Å². The summed E-state index contributed by atoms with van der Waals surface area (Å²) in [7, 11) is 0. The fraction of sp³-hybridized carbons (Fsp3) is 0.700. The van der Waals surface area contributed by atoms with Gasteiger partial charge < -0.3 is 10.1 Å². The normalized spacial score (nSPS) is 21.8. The highest BCUT2D eigenvalue weighted by atomic mass is 32.2. The lowest BCUT2D eigenvalue weighted by molar-refractivity contribution is 0.0755. The molecule has 0 aliphatic carbocycles. The van der Waals surface area contributed by atoms with Crippen LogP contribution in [-0.2, 0) is 11.3 Å². The molecule has 1 aliphatic rings. The molecule has 0 radical (unpaired) electrons. The summed E-state index contributed by atoms with van der Waals surface area (Å²) in [5.41, 5.74) is 0. The second-order valence-electron chi connectivity index (χ2n) is 3.38. The van der Waals surface area contributed by atoms with Crippen LogP contribution in [0.1, 0.15) is 22.9 Å². The van der Waals surface area contributed by atoms with Gasteiger partial charge in [0, 0.05) is 29.1 Å². The van der Waals surface area contributed by atoms with Gasteiger partial charge in [-0.15, -0.1) is 11.3 Å². The summed E-state index contributed by atoms with van der Waals surface area (Å²) in [6.07, 6.45) is 2.19. The zero-order chi connectivity index (χ0) is 10.5. The molecule has 1 aromatic rings. The third kappa shape index (κ3) is 3.17. The van der Waals surface area contributed by atoms with Crippen LogP contribution in [0.3, 0.4) is 0 Å². The van der Waals surface area contributed by atoms with Crippen molar-refractivity contribution in [3.63, 3.8) is 0 Å². The number of nitrogens with zero attached hydrogens (tertiary/aromatic N) is 1. The average Bonchev–Trinajstić information content (AvgIpc) is 2.76. The first-order valence-corrected chi connectivity index (χ1v) is 7.22. The summed E-state index contributed by atoms with van der Waals surface area (Å²) >= 11 is 3.72. The van der Waals surface area contributed by atoms with Crippen LogP contribution in [0.5, 0.6) is 0 Å². The molecule has 0 saturated carbocycles. The van der Waals surface area contributed by atoms with E-state index in [2.05, 4.69) is 17.2 Å². The fourth-order valence-corrected chi connectivity index (χ4v) is 3.32. The minimum atomic E-state index is 0.226. The monoisotopic (exact) mass is 244 g/mol. The van der Waals surface area contributed by atoms with Crippen LogP contribution < -0.4 is 5.32 Å². The van der Waals surface area contributed by atoms with Gasteiger partial charge in [0.2, 0.25) is 0 Å². The number of aromatic nitrogens is 1. The molecule has 1 saturated heterocycles. The van der Waals surface area contributed by atoms with E-state index in [4.69, 9.17) is 4.74 Å². The maximum atomic E-state index is 5.69. The molecule has 0 bridgehead atoms. The second kappa shape index (κ2) is 5.84.